The van der Waals surface area contributed by atoms with Crippen LogP contribution in [0.1, 0.15) is 12.5 Å². The molecule has 1 N–H and O–H groups in total. The Labute approximate surface area is 96.7 Å². The van der Waals surface area contributed by atoms with Crippen molar-refractivity contribution in [3.63, 3.8) is 0 Å². The van der Waals surface area contributed by atoms with Gasteiger partial charge in [-0.05, 0) is 24.1 Å². The van der Waals surface area contributed by atoms with Gasteiger partial charge in [-0.2, -0.15) is 0 Å². The Bertz CT molecular complexity index is 411. The fraction of sp³-hybridized carbons (Fsp3) is 0.455. The maximum Gasteiger partial charge on any atom is 0.208 e. The van der Waals surface area contributed by atoms with Gasteiger partial charge in [0.25, 0.3) is 0 Å². The highest BCUT2D eigenvalue weighted by atomic mass is 32.2. The summed E-state index contributed by atoms with van der Waals surface area (Å²) in [5, 5.41) is 0. The average molecular weight is 243 g/mol. The number of ether oxygens (including phenoxy) is 1. The molecular formula is C11H17NO3S. The van der Waals surface area contributed by atoms with Gasteiger partial charge in [-0.1, -0.05) is 19.1 Å². The van der Waals surface area contributed by atoms with Crippen LogP contribution >= 0.6 is 0 Å². The molecule has 0 unspecified atom stereocenters. The zero-order chi connectivity index (χ0) is 12.0. The molecule has 16 heavy (non-hydrogen) atoms. The van der Waals surface area contributed by atoms with Gasteiger partial charge in [0.2, 0.25) is 10.0 Å². The van der Waals surface area contributed by atoms with E-state index in [2.05, 4.69) is 11.6 Å². The molecule has 1 aromatic rings. The molecule has 0 aliphatic carbocycles. The molecule has 0 fully saturated rings. The largest absolute Gasteiger partial charge is 0.492 e. The lowest BCUT2D eigenvalue weighted by Gasteiger charge is -2.06. The number of rotatable bonds is 6. The fourth-order valence-corrected chi connectivity index (χ4v) is 1.67. The van der Waals surface area contributed by atoms with Crippen LogP contribution in [0.25, 0.3) is 0 Å². The SMILES string of the molecule is CCc1ccc(OCCNS(C)(=O)=O)cc1. The standard InChI is InChI=1S/C11H17NO3S/c1-3-10-4-6-11(7-5-10)15-9-8-12-16(2,13)14/h4-7,12H,3,8-9H2,1-2H3. The van der Waals surface area contributed by atoms with Crippen LogP contribution in [-0.4, -0.2) is 27.8 Å². The first kappa shape index (κ1) is 13.0. The van der Waals surface area contributed by atoms with E-state index in [9.17, 15) is 8.42 Å². The van der Waals surface area contributed by atoms with Gasteiger partial charge in [-0.25, -0.2) is 13.1 Å². The van der Waals surface area contributed by atoms with Gasteiger partial charge in [0.15, 0.2) is 0 Å². The van der Waals surface area contributed by atoms with Crippen molar-refractivity contribution in [2.75, 3.05) is 19.4 Å². The van der Waals surface area contributed by atoms with Crippen LogP contribution in [0.5, 0.6) is 5.75 Å². The highest BCUT2D eigenvalue weighted by Crippen LogP contribution is 2.11. The predicted molar refractivity (Wildman–Crippen MR) is 64.2 cm³/mol. The number of sulfonamides is 1. The molecule has 0 bridgehead atoms. The molecule has 4 nitrogen and oxygen atoms in total. The second-order valence-electron chi connectivity index (χ2n) is 3.51. The Morgan fingerprint density at radius 1 is 1.25 bits per heavy atom. The molecule has 0 aliphatic heterocycles. The molecular weight excluding hydrogens is 226 g/mol. The van der Waals surface area contributed by atoms with Crippen molar-refractivity contribution in [1.29, 1.82) is 0 Å². The van der Waals surface area contributed by atoms with E-state index < -0.39 is 10.0 Å². The summed E-state index contributed by atoms with van der Waals surface area (Å²) < 4.78 is 29.3. The van der Waals surface area contributed by atoms with E-state index in [-0.39, 0.29) is 6.54 Å². The van der Waals surface area contributed by atoms with E-state index in [0.29, 0.717) is 6.61 Å². The molecule has 1 aromatic carbocycles. The van der Waals surface area contributed by atoms with Gasteiger partial charge in [0, 0.05) is 6.54 Å². The third-order valence-corrected chi connectivity index (χ3v) is 2.80. The van der Waals surface area contributed by atoms with E-state index in [1.807, 2.05) is 24.3 Å². The van der Waals surface area contributed by atoms with E-state index >= 15 is 0 Å². The third kappa shape index (κ3) is 5.14. The van der Waals surface area contributed by atoms with Crippen LogP contribution < -0.4 is 9.46 Å². The van der Waals surface area contributed by atoms with Crippen molar-refractivity contribution in [1.82, 2.24) is 4.72 Å². The normalized spacial score (nSPS) is 11.4. The number of benzene rings is 1. The molecule has 0 aliphatic rings. The molecule has 0 atom stereocenters. The second-order valence-corrected chi connectivity index (χ2v) is 5.35. The topological polar surface area (TPSA) is 55.4 Å². The molecule has 5 heteroatoms. The zero-order valence-corrected chi connectivity index (χ0v) is 10.4. The van der Waals surface area contributed by atoms with Crippen LogP contribution in [0.4, 0.5) is 0 Å². The van der Waals surface area contributed by atoms with Crippen molar-refractivity contribution in [3.8, 4) is 5.75 Å². The molecule has 0 radical (unpaired) electrons. The number of aryl methyl sites for hydroxylation is 1. The van der Waals surface area contributed by atoms with Crippen molar-refractivity contribution in [2.24, 2.45) is 0 Å². The Kier molecular flexibility index (Phi) is 4.76. The first-order valence-corrected chi connectivity index (χ1v) is 7.07. The summed E-state index contributed by atoms with van der Waals surface area (Å²) in [5.41, 5.74) is 1.25. The summed E-state index contributed by atoms with van der Waals surface area (Å²) in [6.45, 7) is 2.71. The van der Waals surface area contributed by atoms with Crippen molar-refractivity contribution in [2.45, 2.75) is 13.3 Å². The number of nitrogens with one attached hydrogen (secondary N) is 1. The Hall–Kier alpha value is -1.07. The first-order valence-electron chi connectivity index (χ1n) is 5.17. The van der Waals surface area contributed by atoms with Crippen LogP contribution in [0, 0.1) is 0 Å². The number of hydrogen-bond donors (Lipinski definition) is 1. The molecule has 0 heterocycles. The van der Waals surface area contributed by atoms with Crippen molar-refractivity contribution < 1.29 is 13.2 Å². The maximum absolute atomic E-state index is 10.8. The second kappa shape index (κ2) is 5.86. The minimum Gasteiger partial charge on any atom is -0.492 e. The summed E-state index contributed by atoms with van der Waals surface area (Å²) in [6.07, 6.45) is 2.12. The van der Waals surface area contributed by atoms with Gasteiger partial charge in [-0.3, -0.25) is 0 Å². The van der Waals surface area contributed by atoms with Crippen LogP contribution in [0.2, 0.25) is 0 Å². The monoisotopic (exact) mass is 243 g/mol. The van der Waals surface area contributed by atoms with Gasteiger partial charge in [-0.15, -0.1) is 0 Å². The quantitative estimate of drug-likeness (QED) is 0.763. The summed E-state index contributed by atoms with van der Waals surface area (Å²) in [5.74, 6) is 0.757. The molecule has 0 aromatic heterocycles. The van der Waals surface area contributed by atoms with Gasteiger partial charge >= 0.3 is 0 Å². The van der Waals surface area contributed by atoms with E-state index in [1.165, 1.54) is 5.56 Å². The predicted octanol–water partition coefficient (Wildman–Crippen LogP) is 1.18. The van der Waals surface area contributed by atoms with Gasteiger partial charge in [0.05, 0.1) is 6.26 Å². The lowest BCUT2D eigenvalue weighted by atomic mass is 10.2. The first-order chi connectivity index (χ1) is 7.51. The summed E-state index contributed by atoms with van der Waals surface area (Å²) >= 11 is 0. The van der Waals surface area contributed by atoms with E-state index in [4.69, 9.17) is 4.74 Å². The summed E-state index contributed by atoms with van der Waals surface area (Å²) in [7, 11) is -3.12. The highest BCUT2D eigenvalue weighted by molar-refractivity contribution is 7.88. The van der Waals surface area contributed by atoms with E-state index in [1.54, 1.807) is 0 Å². The summed E-state index contributed by atoms with van der Waals surface area (Å²) in [4.78, 5) is 0. The lowest BCUT2D eigenvalue weighted by Crippen LogP contribution is -2.26. The van der Waals surface area contributed by atoms with Gasteiger partial charge in [0.1, 0.15) is 12.4 Å². The van der Waals surface area contributed by atoms with E-state index in [0.717, 1.165) is 18.4 Å². The Morgan fingerprint density at radius 3 is 2.38 bits per heavy atom. The van der Waals surface area contributed by atoms with Crippen LogP contribution in [0.15, 0.2) is 24.3 Å². The smallest absolute Gasteiger partial charge is 0.208 e. The molecule has 1 rings (SSSR count). The van der Waals surface area contributed by atoms with Crippen molar-refractivity contribution >= 4 is 10.0 Å². The minimum absolute atomic E-state index is 0.286. The number of hydrogen-bond acceptors (Lipinski definition) is 3. The summed E-state index contributed by atoms with van der Waals surface area (Å²) in [6, 6.07) is 7.78. The maximum atomic E-state index is 10.8. The molecule has 0 saturated heterocycles. The van der Waals surface area contributed by atoms with Gasteiger partial charge < -0.3 is 4.74 Å². The van der Waals surface area contributed by atoms with Crippen molar-refractivity contribution in [3.05, 3.63) is 29.8 Å². The molecule has 0 saturated carbocycles. The Morgan fingerprint density at radius 2 is 1.88 bits per heavy atom. The molecule has 0 spiro atoms. The molecule has 90 valence electrons. The third-order valence-electron chi connectivity index (χ3n) is 2.07. The van der Waals surface area contributed by atoms with Crippen LogP contribution in [-0.2, 0) is 16.4 Å². The minimum atomic E-state index is -3.12. The lowest BCUT2D eigenvalue weighted by molar-refractivity contribution is 0.323. The average Bonchev–Trinajstić information content (AvgIpc) is 2.24. The highest BCUT2D eigenvalue weighted by Gasteiger charge is 1.99. The Balaban J connectivity index is 2.32. The van der Waals surface area contributed by atoms with Crippen LogP contribution in [0.3, 0.4) is 0 Å². The fourth-order valence-electron chi connectivity index (χ4n) is 1.22. The zero-order valence-electron chi connectivity index (χ0n) is 9.56. The molecule has 0 amide bonds.